The van der Waals surface area contributed by atoms with E-state index in [1.165, 1.54) is 11.1 Å². The van der Waals surface area contributed by atoms with Gasteiger partial charge in [0.2, 0.25) is 5.91 Å². The van der Waals surface area contributed by atoms with Crippen molar-refractivity contribution < 1.29 is 23.8 Å². The third-order valence-electron chi connectivity index (χ3n) is 10.4. The number of ether oxygens (including phenoxy) is 3. The zero-order chi connectivity index (χ0) is 26.9. The van der Waals surface area contributed by atoms with Crippen molar-refractivity contribution in [1.29, 1.82) is 0 Å². The van der Waals surface area contributed by atoms with Gasteiger partial charge in [-0.15, -0.1) is 0 Å². The molecule has 210 valence electrons. The number of carbonyl (C=O) groups is 2. The summed E-state index contributed by atoms with van der Waals surface area (Å²) in [5, 5.41) is 3.01. The predicted octanol–water partition coefficient (Wildman–Crippen LogP) is 4.33. The van der Waals surface area contributed by atoms with Gasteiger partial charge in [0.15, 0.2) is 5.79 Å². The van der Waals surface area contributed by atoms with Gasteiger partial charge in [0.1, 0.15) is 11.5 Å². The summed E-state index contributed by atoms with van der Waals surface area (Å²) in [4.78, 5) is 28.5. The first kappa shape index (κ1) is 27.6. The predicted molar refractivity (Wildman–Crippen MR) is 146 cm³/mol. The lowest BCUT2D eigenvalue weighted by atomic mass is 9.54. The maximum atomic E-state index is 13.1. The van der Waals surface area contributed by atoms with Crippen molar-refractivity contribution >= 4 is 11.7 Å². The molecule has 1 saturated heterocycles. The summed E-state index contributed by atoms with van der Waals surface area (Å²) in [6, 6.07) is 6.64. The van der Waals surface area contributed by atoms with Gasteiger partial charge in [-0.2, -0.15) is 0 Å². The average Bonchev–Trinajstić information content (AvgIpc) is 3.22. The number of aryl methyl sites for hydroxylation is 1. The summed E-state index contributed by atoms with van der Waals surface area (Å²) in [5.74, 6) is 1.71. The van der Waals surface area contributed by atoms with Crippen LogP contribution in [0.2, 0.25) is 0 Å². The van der Waals surface area contributed by atoms with Gasteiger partial charge in [-0.1, -0.05) is 13.0 Å². The van der Waals surface area contributed by atoms with Crippen LogP contribution in [0.25, 0.3) is 0 Å². The van der Waals surface area contributed by atoms with Gasteiger partial charge >= 0.3 is 0 Å². The normalized spacial score (nSPS) is 32.3. The number of likely N-dealkylation sites (tertiary alicyclic amines) is 1. The largest absolute Gasteiger partial charge is 0.494 e. The van der Waals surface area contributed by atoms with E-state index in [0.717, 1.165) is 70.3 Å². The van der Waals surface area contributed by atoms with E-state index in [-0.39, 0.29) is 23.2 Å². The Morgan fingerprint density at radius 1 is 1.13 bits per heavy atom. The number of benzene rings is 1. The van der Waals surface area contributed by atoms with Crippen LogP contribution in [0.1, 0.15) is 75.8 Å². The van der Waals surface area contributed by atoms with Crippen LogP contribution >= 0.6 is 0 Å². The van der Waals surface area contributed by atoms with Crippen LogP contribution in [0.4, 0.5) is 0 Å². The Morgan fingerprint density at radius 3 is 2.61 bits per heavy atom. The summed E-state index contributed by atoms with van der Waals surface area (Å²) in [5.41, 5.74) is 2.45. The smallest absolute Gasteiger partial charge is 0.223 e. The van der Waals surface area contributed by atoms with Crippen molar-refractivity contribution in [2.24, 2.45) is 23.2 Å². The molecular weight excluding hydrogens is 480 g/mol. The van der Waals surface area contributed by atoms with E-state index < -0.39 is 5.79 Å². The molecule has 4 unspecified atom stereocenters. The summed E-state index contributed by atoms with van der Waals surface area (Å²) in [7, 11) is 3.46. The summed E-state index contributed by atoms with van der Waals surface area (Å²) in [6.07, 6.45) is 7.14. The standard InChI is InChI=1S/C31H46N2O5/c1-5-32-29(35)26-20-27(34)30(2)12-11-24-23-10-8-22(19-21(23)7-9-25(24)28(26)30)38-18-6-15-33-16-13-31(36-3,37-4)14-17-33/h8,10,19,24-26,28H,5-7,9,11-18,20H2,1-4H3,(H,32,35)/t24?,25?,26-,28?,30?/m0/s1. The summed E-state index contributed by atoms with van der Waals surface area (Å²) in [6.45, 7) is 8.40. The minimum Gasteiger partial charge on any atom is -0.494 e. The first-order valence-corrected chi connectivity index (χ1v) is 14.7. The fourth-order valence-electron chi connectivity index (χ4n) is 8.17. The molecule has 0 bridgehead atoms. The monoisotopic (exact) mass is 526 g/mol. The molecule has 4 aliphatic rings. The minimum atomic E-state index is -0.414. The summed E-state index contributed by atoms with van der Waals surface area (Å²) >= 11 is 0. The molecule has 7 nitrogen and oxygen atoms in total. The topological polar surface area (TPSA) is 77.1 Å². The number of methoxy groups -OCH3 is 2. The molecule has 7 heteroatoms. The maximum absolute atomic E-state index is 13.1. The molecule has 1 aromatic carbocycles. The number of carbonyl (C=O) groups excluding carboxylic acids is 2. The number of hydrogen-bond donors (Lipinski definition) is 1. The Labute approximate surface area is 228 Å². The van der Waals surface area contributed by atoms with Crippen molar-refractivity contribution in [3.8, 4) is 5.75 Å². The van der Waals surface area contributed by atoms with Crippen molar-refractivity contribution in [2.75, 3.05) is 47.0 Å². The average molecular weight is 527 g/mol. The number of piperidine rings is 1. The molecule has 38 heavy (non-hydrogen) atoms. The number of fused-ring (bicyclic) bond motifs is 5. The maximum Gasteiger partial charge on any atom is 0.223 e. The zero-order valence-electron chi connectivity index (χ0n) is 23.7. The SMILES string of the molecule is CCNC(=O)[C@H]1CC(=O)C2(C)CCC3c4ccc(OCCCN5CCC(OC)(OC)CC5)cc4CCC3C12. The molecule has 1 aromatic rings. The van der Waals surface area contributed by atoms with E-state index in [1.54, 1.807) is 14.2 Å². The second-order valence-electron chi connectivity index (χ2n) is 12.1. The third kappa shape index (κ3) is 5.02. The van der Waals surface area contributed by atoms with Gasteiger partial charge in [0, 0.05) is 71.0 Å². The van der Waals surface area contributed by atoms with Gasteiger partial charge < -0.3 is 24.4 Å². The van der Waals surface area contributed by atoms with Crippen LogP contribution < -0.4 is 10.1 Å². The molecule has 0 spiro atoms. The second kappa shape index (κ2) is 11.3. The highest BCUT2D eigenvalue weighted by molar-refractivity contribution is 5.94. The Balaban J connectivity index is 1.18. The lowest BCUT2D eigenvalue weighted by Gasteiger charge is -2.49. The van der Waals surface area contributed by atoms with E-state index in [2.05, 4.69) is 35.3 Å². The molecule has 3 fully saturated rings. The summed E-state index contributed by atoms with van der Waals surface area (Å²) < 4.78 is 17.4. The van der Waals surface area contributed by atoms with Crippen molar-refractivity contribution in [3.63, 3.8) is 0 Å². The number of rotatable bonds is 9. The first-order chi connectivity index (χ1) is 18.3. The Kier molecular flexibility index (Phi) is 8.18. The molecule has 3 aliphatic carbocycles. The van der Waals surface area contributed by atoms with Crippen LogP contribution in [0.3, 0.4) is 0 Å². The molecular formula is C31H46N2O5. The highest BCUT2D eigenvalue weighted by atomic mass is 16.7. The molecule has 5 atom stereocenters. The van der Waals surface area contributed by atoms with Gasteiger partial charge in [0.05, 0.1) is 6.61 Å². The van der Waals surface area contributed by atoms with Crippen LogP contribution in [-0.4, -0.2) is 69.4 Å². The molecule has 1 aliphatic heterocycles. The molecule has 1 N–H and O–H groups in total. The Hall–Kier alpha value is -1.96. The number of amides is 1. The lowest BCUT2D eigenvalue weighted by molar-refractivity contribution is -0.229. The van der Waals surface area contributed by atoms with Crippen molar-refractivity contribution in [1.82, 2.24) is 10.2 Å². The van der Waals surface area contributed by atoms with Crippen LogP contribution in [0.15, 0.2) is 18.2 Å². The molecule has 5 rings (SSSR count). The van der Waals surface area contributed by atoms with Gasteiger partial charge in [-0.25, -0.2) is 0 Å². The van der Waals surface area contributed by atoms with Gasteiger partial charge in [-0.3, -0.25) is 9.59 Å². The van der Waals surface area contributed by atoms with Crippen LogP contribution in [0, 0.1) is 23.2 Å². The molecule has 0 radical (unpaired) electrons. The van der Waals surface area contributed by atoms with E-state index in [4.69, 9.17) is 14.2 Å². The zero-order valence-corrected chi connectivity index (χ0v) is 23.7. The Bertz CT molecular complexity index is 1010. The number of hydrogen-bond acceptors (Lipinski definition) is 6. The molecule has 0 aromatic heterocycles. The fraction of sp³-hybridized carbons (Fsp3) is 0.742. The van der Waals surface area contributed by atoms with Crippen LogP contribution in [0.5, 0.6) is 5.75 Å². The minimum absolute atomic E-state index is 0.0750. The molecule has 1 amide bonds. The van der Waals surface area contributed by atoms with E-state index >= 15 is 0 Å². The van der Waals surface area contributed by atoms with Crippen molar-refractivity contribution in [3.05, 3.63) is 29.3 Å². The van der Waals surface area contributed by atoms with E-state index in [0.29, 0.717) is 37.2 Å². The Morgan fingerprint density at radius 2 is 1.89 bits per heavy atom. The van der Waals surface area contributed by atoms with Gasteiger partial charge in [-0.05, 0) is 80.0 Å². The van der Waals surface area contributed by atoms with Crippen molar-refractivity contribution in [2.45, 2.75) is 76.9 Å². The number of nitrogens with one attached hydrogen (secondary N) is 1. The van der Waals surface area contributed by atoms with E-state index in [1.807, 2.05) is 6.92 Å². The van der Waals surface area contributed by atoms with E-state index in [9.17, 15) is 9.59 Å². The lowest BCUT2D eigenvalue weighted by Crippen LogP contribution is -2.47. The number of ketones is 1. The highest BCUT2D eigenvalue weighted by Gasteiger charge is 2.60. The molecule has 1 heterocycles. The van der Waals surface area contributed by atoms with Crippen LogP contribution in [-0.2, 0) is 25.5 Å². The number of nitrogens with zero attached hydrogens (tertiary/aromatic N) is 1. The second-order valence-corrected chi connectivity index (χ2v) is 12.1. The first-order valence-electron chi connectivity index (χ1n) is 14.7. The van der Waals surface area contributed by atoms with Gasteiger partial charge in [0.25, 0.3) is 0 Å². The fourth-order valence-corrected chi connectivity index (χ4v) is 8.17. The third-order valence-corrected chi connectivity index (χ3v) is 10.4. The number of Topliss-reactive ketones (excluding diaryl/α,β-unsaturated/α-hetero) is 1. The molecule has 2 saturated carbocycles. The quantitative estimate of drug-likeness (QED) is 0.381. The highest BCUT2D eigenvalue weighted by Crippen LogP contribution is 2.61.